The Kier molecular flexibility index (Phi) is 17.6. The Hall–Kier alpha value is -3.67. The van der Waals surface area contributed by atoms with E-state index in [1.165, 1.54) is 12.7 Å². The van der Waals surface area contributed by atoms with Crippen molar-refractivity contribution in [2.45, 2.75) is 57.0 Å². The molecular formula is C32H41F3O8. The molecule has 3 N–H and O–H groups in total. The lowest BCUT2D eigenvalue weighted by Crippen LogP contribution is -2.16. The lowest BCUT2D eigenvalue weighted by atomic mass is 9.77. The molecule has 0 heterocycles. The lowest BCUT2D eigenvalue weighted by molar-refractivity contribution is -0.178. The predicted molar refractivity (Wildman–Crippen MR) is 157 cm³/mol. The van der Waals surface area contributed by atoms with Crippen molar-refractivity contribution in [1.82, 2.24) is 0 Å². The van der Waals surface area contributed by atoms with Crippen LogP contribution in [0.2, 0.25) is 0 Å². The first kappa shape index (κ1) is 37.4. The molecule has 0 aromatic heterocycles. The van der Waals surface area contributed by atoms with Crippen molar-refractivity contribution in [3.8, 4) is 22.6 Å². The number of aldehydes is 1. The Labute approximate surface area is 250 Å². The van der Waals surface area contributed by atoms with E-state index in [9.17, 15) is 18.0 Å². The van der Waals surface area contributed by atoms with E-state index in [-0.39, 0.29) is 37.6 Å². The molecule has 2 aromatic carbocycles. The smallest absolute Gasteiger partial charge is 0.389 e. The molecule has 1 aliphatic carbocycles. The fraction of sp³-hybridized carbons (Fsp3) is 0.438. The Bertz CT molecular complexity index is 1120. The number of carboxylic acid groups (broad SMARTS) is 1. The van der Waals surface area contributed by atoms with Crippen molar-refractivity contribution in [2.24, 2.45) is 5.92 Å². The van der Waals surface area contributed by atoms with Crippen LogP contribution in [0.3, 0.4) is 0 Å². The molecule has 238 valence electrons. The molecule has 43 heavy (non-hydrogen) atoms. The van der Waals surface area contributed by atoms with Gasteiger partial charge in [0.1, 0.15) is 12.0 Å². The molecule has 1 saturated carbocycles. The summed E-state index contributed by atoms with van der Waals surface area (Å²) in [6.45, 7) is 6.78. The van der Waals surface area contributed by atoms with Gasteiger partial charge in [0.2, 0.25) is 0 Å². The number of rotatable bonds is 13. The molecule has 3 rings (SSSR count). The maximum Gasteiger partial charge on any atom is 0.389 e. The average molecular weight is 611 g/mol. The van der Waals surface area contributed by atoms with Crippen LogP contribution in [0.4, 0.5) is 13.2 Å². The van der Waals surface area contributed by atoms with Crippen LogP contribution in [0, 0.1) is 5.92 Å². The van der Waals surface area contributed by atoms with Crippen LogP contribution in [-0.2, 0) is 14.5 Å². The Morgan fingerprint density at radius 1 is 0.953 bits per heavy atom. The van der Waals surface area contributed by atoms with E-state index in [1.807, 2.05) is 24.3 Å². The minimum Gasteiger partial charge on any atom is -0.493 e. The second-order valence-electron chi connectivity index (χ2n) is 9.98. The second-order valence-corrected chi connectivity index (χ2v) is 9.98. The van der Waals surface area contributed by atoms with Crippen molar-refractivity contribution < 1.29 is 52.6 Å². The maximum absolute atomic E-state index is 12.5. The van der Waals surface area contributed by atoms with Crippen LogP contribution in [-0.4, -0.2) is 61.2 Å². The van der Waals surface area contributed by atoms with Crippen molar-refractivity contribution in [2.75, 3.05) is 26.9 Å². The highest BCUT2D eigenvalue weighted by atomic mass is 19.4. The van der Waals surface area contributed by atoms with Gasteiger partial charge in [-0.3, -0.25) is 9.59 Å². The summed E-state index contributed by atoms with van der Waals surface area (Å²) in [5, 5.41) is 24.0. The number of halogens is 3. The molecule has 0 bridgehead atoms. The number of carbonyl (C=O) groups is 2. The summed E-state index contributed by atoms with van der Waals surface area (Å²) in [5.74, 6) is 1.69. The molecule has 0 saturated heterocycles. The number of hydrogen-bond donors (Lipinski definition) is 3. The van der Waals surface area contributed by atoms with Gasteiger partial charge in [-0.1, -0.05) is 37.4 Å². The van der Waals surface area contributed by atoms with E-state index in [4.69, 9.17) is 34.6 Å². The van der Waals surface area contributed by atoms with Crippen LogP contribution in [0.15, 0.2) is 66.8 Å². The van der Waals surface area contributed by atoms with Gasteiger partial charge in [0.05, 0.1) is 26.9 Å². The first-order chi connectivity index (χ1) is 20.5. The third-order valence-corrected chi connectivity index (χ3v) is 6.78. The second kappa shape index (κ2) is 20.3. The van der Waals surface area contributed by atoms with Crippen LogP contribution < -0.4 is 9.62 Å². The summed E-state index contributed by atoms with van der Waals surface area (Å²) >= 11 is 0. The molecule has 1 fully saturated rings. The van der Waals surface area contributed by atoms with Crippen LogP contribution in [0.1, 0.15) is 56.4 Å². The molecule has 2 aromatic rings. The topological polar surface area (TPSA) is 123 Å². The molecule has 0 radical (unpaired) electrons. The fourth-order valence-corrected chi connectivity index (χ4v) is 4.50. The number of ether oxygens (including phenoxy) is 1. The molecule has 1 aliphatic rings. The van der Waals surface area contributed by atoms with E-state index in [0.717, 1.165) is 36.8 Å². The zero-order valence-electron chi connectivity index (χ0n) is 24.4. The number of hydrogen-bond acceptors (Lipinski definition) is 7. The highest BCUT2D eigenvalue weighted by molar-refractivity contribution is 5.72. The van der Waals surface area contributed by atoms with Gasteiger partial charge < -0.3 is 24.9 Å². The van der Waals surface area contributed by atoms with Gasteiger partial charge in [0.25, 0.3) is 6.47 Å². The molecule has 0 spiro atoms. The summed E-state index contributed by atoms with van der Waals surface area (Å²) < 4.78 is 43.3. The number of benzene rings is 2. The molecule has 11 heteroatoms. The number of aliphatic hydroxyl groups excluding tert-OH is 2. The van der Waals surface area contributed by atoms with E-state index >= 15 is 0 Å². The first-order valence-corrected chi connectivity index (χ1v) is 13.7. The van der Waals surface area contributed by atoms with E-state index in [2.05, 4.69) is 25.3 Å². The Morgan fingerprint density at radius 2 is 1.56 bits per heavy atom. The SMILES string of the molecule is C=C(C=O)CO.C=C(CO)CCOc1cc(OOC)cc(-c2ccc(C3CCC(CCC(F)(F)F)CC3)cc2)c1.O=CO. The van der Waals surface area contributed by atoms with Gasteiger partial charge in [-0.2, -0.15) is 18.1 Å². The Morgan fingerprint density at radius 3 is 2.05 bits per heavy atom. The normalized spacial score (nSPS) is 16.0. The lowest BCUT2D eigenvalue weighted by Gasteiger charge is -2.29. The zero-order valence-corrected chi connectivity index (χ0v) is 24.4. The monoisotopic (exact) mass is 610 g/mol. The van der Waals surface area contributed by atoms with E-state index in [0.29, 0.717) is 42.3 Å². The largest absolute Gasteiger partial charge is 0.493 e. The van der Waals surface area contributed by atoms with Crippen LogP contribution in [0.5, 0.6) is 11.5 Å². The number of alkyl halides is 3. The third kappa shape index (κ3) is 15.4. The summed E-state index contributed by atoms with van der Waals surface area (Å²) in [5.41, 5.74) is 4.05. The maximum atomic E-state index is 12.5. The predicted octanol–water partition coefficient (Wildman–Crippen LogP) is 6.66. The highest BCUT2D eigenvalue weighted by Crippen LogP contribution is 2.40. The molecule has 8 nitrogen and oxygen atoms in total. The first-order valence-electron chi connectivity index (χ1n) is 13.7. The fourth-order valence-electron chi connectivity index (χ4n) is 4.50. The van der Waals surface area contributed by atoms with Gasteiger partial charge >= 0.3 is 6.18 Å². The van der Waals surface area contributed by atoms with Crippen molar-refractivity contribution in [3.05, 3.63) is 72.3 Å². The van der Waals surface area contributed by atoms with Gasteiger partial charge in [-0.05, 0) is 78.3 Å². The van der Waals surface area contributed by atoms with Crippen molar-refractivity contribution >= 4 is 12.8 Å². The van der Waals surface area contributed by atoms with Crippen LogP contribution >= 0.6 is 0 Å². The molecule has 0 unspecified atom stereocenters. The number of aliphatic hydroxyl groups is 2. The quantitative estimate of drug-likeness (QED) is 0.0757. The minimum atomic E-state index is -4.06. The summed E-state index contributed by atoms with van der Waals surface area (Å²) in [6.07, 6.45) is 0.140. The molecule has 0 atom stereocenters. The molecule has 0 amide bonds. The molecular weight excluding hydrogens is 569 g/mol. The zero-order chi connectivity index (χ0) is 32.3. The summed E-state index contributed by atoms with van der Waals surface area (Å²) in [6, 6.07) is 13.8. The Balaban J connectivity index is 0.000000900. The van der Waals surface area contributed by atoms with E-state index < -0.39 is 12.6 Å². The van der Waals surface area contributed by atoms with Crippen LogP contribution in [0.25, 0.3) is 11.1 Å². The van der Waals surface area contributed by atoms with Crippen molar-refractivity contribution in [3.63, 3.8) is 0 Å². The highest BCUT2D eigenvalue weighted by Gasteiger charge is 2.30. The van der Waals surface area contributed by atoms with Gasteiger partial charge in [0.15, 0.2) is 5.75 Å². The van der Waals surface area contributed by atoms with Crippen molar-refractivity contribution in [1.29, 1.82) is 0 Å². The van der Waals surface area contributed by atoms with Gasteiger partial charge in [0, 0.05) is 24.5 Å². The van der Waals surface area contributed by atoms with Gasteiger partial charge in [-0.25, -0.2) is 0 Å². The minimum absolute atomic E-state index is 0.0665. The third-order valence-electron chi connectivity index (χ3n) is 6.78. The standard InChI is InChI=1S/C27H33F3O4.C4H6O2.CH2O2/c1-19(18-31)12-14-33-25-15-24(16-26(17-25)34-32-2)23-9-7-22(8-10-23)21-5-3-20(4-6-21)11-13-27(28,29)30;1-4(2-5)3-6;2-1-3/h7-10,15-17,20-21,31H,1,3-6,11-14,18H2,2H3;2,6H,1,3H2;1H,(H,2,3). The number of carbonyl (C=O) groups excluding carboxylic acids is 1. The van der Waals surface area contributed by atoms with Gasteiger partial charge in [-0.15, -0.1) is 0 Å². The average Bonchev–Trinajstić information content (AvgIpc) is 3.00. The van der Waals surface area contributed by atoms with E-state index in [1.54, 1.807) is 6.07 Å². The molecule has 0 aliphatic heterocycles. The summed E-state index contributed by atoms with van der Waals surface area (Å²) in [4.78, 5) is 27.9. The summed E-state index contributed by atoms with van der Waals surface area (Å²) in [7, 11) is 1.44.